The van der Waals surface area contributed by atoms with Crippen LogP contribution in [-0.4, -0.2) is 36.8 Å². The summed E-state index contributed by atoms with van der Waals surface area (Å²) in [6.07, 6.45) is -4.24. The standard InChI is InChI=1S/C7H13F3N2.2ClH/c1-12-4-2-6(11,3-5-12)7(8,9)10;;/h2-5,11H2,1H3;2*1H. The number of halogens is 5. The van der Waals surface area contributed by atoms with E-state index in [1.54, 1.807) is 7.05 Å². The minimum atomic E-state index is -4.26. The predicted molar refractivity (Wildman–Crippen MR) is 54.2 cm³/mol. The lowest BCUT2D eigenvalue weighted by Crippen LogP contribution is -2.58. The quantitative estimate of drug-likeness (QED) is 0.715. The van der Waals surface area contributed by atoms with Crippen molar-refractivity contribution in [1.82, 2.24) is 4.90 Å². The zero-order valence-electron chi connectivity index (χ0n) is 7.80. The molecule has 0 unspecified atom stereocenters. The average Bonchev–Trinajstić information content (AvgIpc) is 1.93. The van der Waals surface area contributed by atoms with Crippen molar-refractivity contribution in [2.24, 2.45) is 5.73 Å². The average molecular weight is 255 g/mol. The van der Waals surface area contributed by atoms with Crippen molar-refractivity contribution in [1.29, 1.82) is 0 Å². The highest BCUT2D eigenvalue weighted by atomic mass is 35.5. The van der Waals surface area contributed by atoms with E-state index in [2.05, 4.69) is 0 Å². The fraction of sp³-hybridized carbons (Fsp3) is 1.00. The SMILES string of the molecule is CN1CCC(N)(C(F)(F)F)CC1.Cl.Cl. The van der Waals surface area contributed by atoms with Crippen LogP contribution in [0.25, 0.3) is 0 Å². The third kappa shape index (κ3) is 3.46. The molecule has 88 valence electrons. The lowest BCUT2D eigenvalue weighted by Gasteiger charge is -2.38. The number of rotatable bonds is 0. The highest BCUT2D eigenvalue weighted by Gasteiger charge is 2.52. The minimum Gasteiger partial charge on any atom is -0.318 e. The fourth-order valence-corrected chi connectivity index (χ4v) is 1.30. The maximum Gasteiger partial charge on any atom is 0.406 e. The zero-order valence-corrected chi connectivity index (χ0v) is 9.44. The van der Waals surface area contributed by atoms with Gasteiger partial charge >= 0.3 is 6.18 Å². The van der Waals surface area contributed by atoms with Crippen molar-refractivity contribution in [2.75, 3.05) is 20.1 Å². The Morgan fingerprint density at radius 2 is 1.50 bits per heavy atom. The molecule has 1 rings (SSSR count). The van der Waals surface area contributed by atoms with Gasteiger partial charge in [-0.05, 0) is 33.0 Å². The summed E-state index contributed by atoms with van der Waals surface area (Å²) in [5, 5.41) is 0. The van der Waals surface area contributed by atoms with E-state index in [1.807, 2.05) is 4.90 Å². The Balaban J connectivity index is 0. The van der Waals surface area contributed by atoms with Crippen LogP contribution in [0.2, 0.25) is 0 Å². The van der Waals surface area contributed by atoms with Crippen molar-refractivity contribution in [3.05, 3.63) is 0 Å². The molecule has 0 atom stereocenters. The summed E-state index contributed by atoms with van der Waals surface area (Å²) in [6.45, 7) is 0.853. The Kier molecular flexibility index (Phi) is 6.44. The topological polar surface area (TPSA) is 29.3 Å². The maximum absolute atomic E-state index is 12.3. The van der Waals surface area contributed by atoms with Gasteiger partial charge in [0.1, 0.15) is 5.54 Å². The molecule has 0 radical (unpaired) electrons. The lowest BCUT2D eigenvalue weighted by atomic mass is 9.88. The number of hydrogen-bond donors (Lipinski definition) is 1. The molecular formula is C7H15Cl2F3N2. The third-order valence-electron chi connectivity index (χ3n) is 2.44. The molecule has 0 bridgehead atoms. The van der Waals surface area contributed by atoms with Gasteiger partial charge in [0, 0.05) is 0 Å². The van der Waals surface area contributed by atoms with Crippen LogP contribution in [0.1, 0.15) is 12.8 Å². The number of nitrogens with zero attached hydrogens (tertiary/aromatic N) is 1. The smallest absolute Gasteiger partial charge is 0.318 e. The normalized spacial score (nSPS) is 22.1. The van der Waals surface area contributed by atoms with Gasteiger partial charge in [-0.2, -0.15) is 13.2 Å². The van der Waals surface area contributed by atoms with Crippen LogP contribution >= 0.6 is 24.8 Å². The largest absolute Gasteiger partial charge is 0.406 e. The Hall–Kier alpha value is 0.290. The Bertz CT molecular complexity index is 167. The molecule has 0 aromatic heterocycles. The van der Waals surface area contributed by atoms with Gasteiger partial charge in [-0.15, -0.1) is 24.8 Å². The molecule has 1 heterocycles. The van der Waals surface area contributed by atoms with E-state index in [0.29, 0.717) is 13.1 Å². The first-order valence-electron chi connectivity index (χ1n) is 3.89. The lowest BCUT2D eigenvalue weighted by molar-refractivity contribution is -0.196. The van der Waals surface area contributed by atoms with Crippen LogP contribution in [0.3, 0.4) is 0 Å². The van der Waals surface area contributed by atoms with E-state index in [-0.39, 0.29) is 37.7 Å². The van der Waals surface area contributed by atoms with Crippen LogP contribution in [0, 0.1) is 0 Å². The van der Waals surface area contributed by atoms with Crippen LogP contribution in [-0.2, 0) is 0 Å². The molecule has 1 aliphatic rings. The zero-order chi connectivity index (χ0) is 9.41. The van der Waals surface area contributed by atoms with Gasteiger partial charge in [0.15, 0.2) is 0 Å². The van der Waals surface area contributed by atoms with Gasteiger partial charge in [-0.25, -0.2) is 0 Å². The predicted octanol–water partition coefficient (Wildman–Crippen LogP) is 1.82. The van der Waals surface area contributed by atoms with E-state index < -0.39 is 11.7 Å². The van der Waals surface area contributed by atoms with Gasteiger partial charge in [-0.1, -0.05) is 0 Å². The summed E-state index contributed by atoms with van der Waals surface area (Å²) >= 11 is 0. The van der Waals surface area contributed by atoms with Gasteiger partial charge < -0.3 is 10.6 Å². The van der Waals surface area contributed by atoms with Crippen LogP contribution < -0.4 is 5.73 Å². The summed E-state index contributed by atoms with van der Waals surface area (Å²) in [6, 6.07) is 0. The summed E-state index contributed by atoms with van der Waals surface area (Å²) in [7, 11) is 1.80. The van der Waals surface area contributed by atoms with Crippen LogP contribution in [0.5, 0.6) is 0 Å². The molecule has 0 aromatic rings. The Labute approximate surface area is 93.8 Å². The van der Waals surface area contributed by atoms with Gasteiger partial charge in [-0.3, -0.25) is 0 Å². The summed E-state index contributed by atoms with van der Waals surface area (Å²) in [4.78, 5) is 1.86. The summed E-state index contributed by atoms with van der Waals surface area (Å²) in [5.74, 6) is 0. The van der Waals surface area contributed by atoms with Crippen molar-refractivity contribution >= 4 is 24.8 Å². The van der Waals surface area contributed by atoms with Crippen molar-refractivity contribution < 1.29 is 13.2 Å². The van der Waals surface area contributed by atoms with Gasteiger partial charge in [0.05, 0.1) is 0 Å². The molecule has 2 nitrogen and oxygen atoms in total. The van der Waals surface area contributed by atoms with Crippen LogP contribution in [0.4, 0.5) is 13.2 Å². The molecule has 7 heteroatoms. The van der Waals surface area contributed by atoms with Crippen molar-refractivity contribution in [3.63, 3.8) is 0 Å². The molecule has 1 fully saturated rings. The molecule has 2 N–H and O–H groups in total. The molecule has 1 aliphatic heterocycles. The highest BCUT2D eigenvalue weighted by Crippen LogP contribution is 2.35. The van der Waals surface area contributed by atoms with E-state index in [0.717, 1.165) is 0 Å². The molecular weight excluding hydrogens is 240 g/mol. The molecule has 14 heavy (non-hydrogen) atoms. The molecule has 1 saturated heterocycles. The number of hydrogen-bond acceptors (Lipinski definition) is 2. The molecule has 0 aromatic carbocycles. The second-order valence-electron chi connectivity index (χ2n) is 3.46. The molecule has 0 saturated carbocycles. The first-order valence-corrected chi connectivity index (χ1v) is 3.89. The van der Waals surface area contributed by atoms with Gasteiger partial charge in [0.2, 0.25) is 0 Å². The number of nitrogens with two attached hydrogens (primary N) is 1. The van der Waals surface area contributed by atoms with Gasteiger partial charge in [0.25, 0.3) is 0 Å². The maximum atomic E-state index is 12.3. The number of alkyl halides is 3. The van der Waals surface area contributed by atoms with Crippen LogP contribution in [0.15, 0.2) is 0 Å². The first-order chi connectivity index (χ1) is 5.35. The molecule has 0 spiro atoms. The molecule has 0 amide bonds. The summed E-state index contributed by atoms with van der Waals surface area (Å²) < 4.78 is 36.9. The monoisotopic (exact) mass is 254 g/mol. The third-order valence-corrected chi connectivity index (χ3v) is 2.44. The number of likely N-dealkylation sites (tertiary alicyclic amines) is 1. The minimum absolute atomic E-state index is 0. The first kappa shape index (κ1) is 16.7. The Morgan fingerprint density at radius 3 is 1.79 bits per heavy atom. The van der Waals surface area contributed by atoms with E-state index in [4.69, 9.17) is 5.73 Å². The van der Waals surface area contributed by atoms with Crippen molar-refractivity contribution in [3.8, 4) is 0 Å². The molecule has 0 aliphatic carbocycles. The van der Waals surface area contributed by atoms with E-state index >= 15 is 0 Å². The van der Waals surface area contributed by atoms with Crippen molar-refractivity contribution in [2.45, 2.75) is 24.6 Å². The summed E-state index contributed by atoms with van der Waals surface area (Å²) in [5.41, 5.74) is 3.30. The fourth-order valence-electron chi connectivity index (χ4n) is 1.30. The second kappa shape index (κ2) is 5.39. The van der Waals surface area contributed by atoms with E-state index in [1.165, 1.54) is 0 Å². The number of piperidine rings is 1. The Morgan fingerprint density at radius 1 is 1.14 bits per heavy atom. The van der Waals surface area contributed by atoms with E-state index in [9.17, 15) is 13.2 Å². The second-order valence-corrected chi connectivity index (χ2v) is 3.46. The highest BCUT2D eigenvalue weighted by molar-refractivity contribution is 5.85.